The van der Waals surface area contributed by atoms with Crippen LogP contribution in [0.15, 0.2) is 0 Å². The third kappa shape index (κ3) is 2.67. The molecule has 1 unspecified atom stereocenters. The summed E-state index contributed by atoms with van der Waals surface area (Å²) in [6.07, 6.45) is 2.54. The molecule has 2 aliphatic heterocycles. The van der Waals surface area contributed by atoms with Crippen molar-refractivity contribution >= 4 is 11.9 Å². The summed E-state index contributed by atoms with van der Waals surface area (Å²) in [6, 6.07) is 0. The first-order chi connectivity index (χ1) is 9.43. The number of amides is 1. The van der Waals surface area contributed by atoms with Crippen molar-refractivity contribution in [2.45, 2.75) is 50.7 Å². The van der Waals surface area contributed by atoms with Gasteiger partial charge in [-0.25, -0.2) is 4.79 Å². The highest BCUT2D eigenvalue weighted by atomic mass is 16.5. The maximum atomic E-state index is 12.3. The first kappa shape index (κ1) is 15.3. The minimum absolute atomic E-state index is 0.0308. The van der Waals surface area contributed by atoms with Gasteiger partial charge in [0.25, 0.3) is 0 Å². The van der Waals surface area contributed by atoms with E-state index in [1.807, 2.05) is 13.8 Å². The predicted octanol–water partition coefficient (Wildman–Crippen LogP) is 0.611. The van der Waals surface area contributed by atoms with Gasteiger partial charge in [-0.3, -0.25) is 4.79 Å². The number of carboxylic acid groups (broad SMARTS) is 1. The average Bonchev–Trinajstić information content (AvgIpc) is 2.79. The number of nitrogens with one attached hydrogen (secondary N) is 1. The Kier molecular flexibility index (Phi) is 4.34. The van der Waals surface area contributed by atoms with Crippen molar-refractivity contribution in [2.24, 2.45) is 0 Å². The van der Waals surface area contributed by atoms with Gasteiger partial charge in [0.05, 0.1) is 5.60 Å². The van der Waals surface area contributed by atoms with Crippen LogP contribution in [0.1, 0.15) is 39.5 Å². The van der Waals surface area contributed by atoms with Crippen molar-refractivity contribution in [2.75, 3.05) is 26.2 Å². The van der Waals surface area contributed by atoms with Crippen LogP contribution in [0.5, 0.6) is 0 Å². The van der Waals surface area contributed by atoms with Gasteiger partial charge in [0.2, 0.25) is 5.91 Å². The number of ether oxygens (including phenoxy) is 1. The second-order valence-electron chi connectivity index (χ2n) is 6.08. The monoisotopic (exact) mass is 284 g/mol. The topological polar surface area (TPSA) is 78.9 Å². The van der Waals surface area contributed by atoms with Gasteiger partial charge in [0.1, 0.15) is 12.1 Å². The van der Waals surface area contributed by atoms with Gasteiger partial charge in [-0.2, -0.15) is 0 Å². The Morgan fingerprint density at radius 3 is 2.60 bits per heavy atom. The zero-order chi connectivity index (χ0) is 14.8. The summed E-state index contributed by atoms with van der Waals surface area (Å²) in [4.78, 5) is 25.5. The number of aliphatic carboxylic acids is 1. The third-order valence-electron chi connectivity index (χ3n) is 4.39. The van der Waals surface area contributed by atoms with Gasteiger partial charge in [-0.05, 0) is 26.2 Å². The molecular formula is C14H24N2O4. The number of carbonyl (C=O) groups is 2. The van der Waals surface area contributed by atoms with E-state index in [4.69, 9.17) is 4.74 Å². The normalized spacial score (nSPS) is 28.2. The molecule has 2 rings (SSSR count). The van der Waals surface area contributed by atoms with Crippen LogP contribution in [0.4, 0.5) is 0 Å². The predicted molar refractivity (Wildman–Crippen MR) is 73.4 cm³/mol. The molecule has 2 fully saturated rings. The molecule has 6 heteroatoms. The van der Waals surface area contributed by atoms with Crippen molar-refractivity contribution < 1.29 is 19.4 Å². The Bertz CT molecular complexity index is 395. The standard InChI is InChI=1S/C14H24N2O4/c1-3-5-14(12(18)19)6-4-7-16(14)11(17)8-20-13(2)9-15-10-13/h15H,3-10H2,1-2H3,(H,18,19). The number of likely N-dealkylation sites (tertiary alicyclic amines) is 1. The summed E-state index contributed by atoms with van der Waals surface area (Å²) >= 11 is 0. The quantitative estimate of drug-likeness (QED) is 0.747. The highest BCUT2D eigenvalue weighted by molar-refractivity contribution is 5.88. The molecular weight excluding hydrogens is 260 g/mol. The lowest BCUT2D eigenvalue weighted by Crippen LogP contribution is -2.60. The molecule has 0 bridgehead atoms. The minimum atomic E-state index is -1.02. The molecule has 114 valence electrons. The Labute approximate surface area is 119 Å². The number of carbonyl (C=O) groups excluding carboxylic acids is 1. The fourth-order valence-corrected chi connectivity index (χ4v) is 3.14. The van der Waals surface area contributed by atoms with Crippen LogP contribution in [-0.4, -0.2) is 59.3 Å². The molecule has 2 aliphatic rings. The van der Waals surface area contributed by atoms with Crippen LogP contribution in [0.3, 0.4) is 0 Å². The molecule has 2 N–H and O–H groups in total. The largest absolute Gasteiger partial charge is 0.479 e. The van der Waals surface area contributed by atoms with E-state index in [0.717, 1.165) is 25.9 Å². The molecule has 0 radical (unpaired) electrons. The molecule has 2 heterocycles. The Morgan fingerprint density at radius 2 is 2.10 bits per heavy atom. The Hall–Kier alpha value is -1.14. The number of hydrogen-bond acceptors (Lipinski definition) is 4. The van der Waals surface area contributed by atoms with Gasteiger partial charge >= 0.3 is 5.97 Å². The molecule has 0 saturated carbocycles. The zero-order valence-electron chi connectivity index (χ0n) is 12.3. The van der Waals surface area contributed by atoms with Crippen molar-refractivity contribution in [3.63, 3.8) is 0 Å². The average molecular weight is 284 g/mol. The van der Waals surface area contributed by atoms with E-state index < -0.39 is 11.5 Å². The minimum Gasteiger partial charge on any atom is -0.479 e. The lowest BCUT2D eigenvalue weighted by atomic mass is 9.90. The molecule has 1 atom stereocenters. The van der Waals surface area contributed by atoms with Crippen LogP contribution in [0.2, 0.25) is 0 Å². The molecule has 1 amide bonds. The second-order valence-corrected chi connectivity index (χ2v) is 6.08. The van der Waals surface area contributed by atoms with Crippen LogP contribution in [-0.2, 0) is 14.3 Å². The SMILES string of the molecule is CCCC1(C(=O)O)CCCN1C(=O)COC1(C)CNC1. The summed E-state index contributed by atoms with van der Waals surface area (Å²) in [5, 5.41) is 12.7. The first-order valence-corrected chi connectivity index (χ1v) is 7.32. The molecule has 20 heavy (non-hydrogen) atoms. The lowest BCUT2D eigenvalue weighted by Gasteiger charge is -2.40. The van der Waals surface area contributed by atoms with E-state index in [1.165, 1.54) is 4.90 Å². The van der Waals surface area contributed by atoms with Crippen molar-refractivity contribution in [3.8, 4) is 0 Å². The highest BCUT2D eigenvalue weighted by Gasteiger charge is 2.49. The van der Waals surface area contributed by atoms with E-state index in [-0.39, 0.29) is 18.1 Å². The Morgan fingerprint density at radius 1 is 1.40 bits per heavy atom. The van der Waals surface area contributed by atoms with Crippen LogP contribution in [0, 0.1) is 0 Å². The van der Waals surface area contributed by atoms with Crippen LogP contribution >= 0.6 is 0 Å². The van der Waals surface area contributed by atoms with Crippen molar-refractivity contribution in [3.05, 3.63) is 0 Å². The van der Waals surface area contributed by atoms with Gasteiger partial charge < -0.3 is 20.1 Å². The van der Waals surface area contributed by atoms with E-state index in [1.54, 1.807) is 0 Å². The van der Waals surface area contributed by atoms with E-state index in [9.17, 15) is 14.7 Å². The first-order valence-electron chi connectivity index (χ1n) is 7.32. The third-order valence-corrected chi connectivity index (χ3v) is 4.39. The molecule has 2 saturated heterocycles. The van der Waals surface area contributed by atoms with Crippen LogP contribution < -0.4 is 5.32 Å². The molecule has 0 aromatic heterocycles. The fraction of sp³-hybridized carbons (Fsp3) is 0.857. The number of nitrogens with zero attached hydrogens (tertiary/aromatic N) is 1. The van der Waals surface area contributed by atoms with E-state index in [0.29, 0.717) is 19.4 Å². The number of rotatable bonds is 6. The summed E-state index contributed by atoms with van der Waals surface area (Å²) < 4.78 is 5.64. The number of hydrogen-bond donors (Lipinski definition) is 2. The molecule has 6 nitrogen and oxygen atoms in total. The van der Waals surface area contributed by atoms with E-state index >= 15 is 0 Å². The van der Waals surface area contributed by atoms with Gasteiger partial charge in [0.15, 0.2) is 0 Å². The van der Waals surface area contributed by atoms with Crippen LogP contribution in [0.25, 0.3) is 0 Å². The second kappa shape index (κ2) is 5.69. The molecule has 0 spiro atoms. The van der Waals surface area contributed by atoms with Gasteiger partial charge in [-0.1, -0.05) is 13.3 Å². The zero-order valence-corrected chi connectivity index (χ0v) is 12.3. The lowest BCUT2D eigenvalue weighted by molar-refractivity contribution is -0.162. The fourth-order valence-electron chi connectivity index (χ4n) is 3.14. The molecule has 0 aliphatic carbocycles. The van der Waals surface area contributed by atoms with E-state index in [2.05, 4.69) is 5.32 Å². The highest BCUT2D eigenvalue weighted by Crippen LogP contribution is 2.34. The maximum Gasteiger partial charge on any atom is 0.329 e. The smallest absolute Gasteiger partial charge is 0.329 e. The molecule has 0 aromatic rings. The number of carboxylic acids is 1. The summed E-state index contributed by atoms with van der Waals surface area (Å²) in [5.74, 6) is -1.09. The van der Waals surface area contributed by atoms with Gasteiger partial charge in [-0.15, -0.1) is 0 Å². The van der Waals surface area contributed by atoms with Crippen molar-refractivity contribution in [1.82, 2.24) is 10.2 Å². The Balaban J connectivity index is 2.01. The molecule has 0 aromatic carbocycles. The summed E-state index contributed by atoms with van der Waals surface area (Å²) in [5.41, 5.74) is -1.31. The summed E-state index contributed by atoms with van der Waals surface area (Å²) in [6.45, 7) is 5.86. The summed E-state index contributed by atoms with van der Waals surface area (Å²) in [7, 11) is 0. The van der Waals surface area contributed by atoms with Gasteiger partial charge in [0, 0.05) is 19.6 Å². The van der Waals surface area contributed by atoms with Crippen molar-refractivity contribution in [1.29, 1.82) is 0 Å². The maximum absolute atomic E-state index is 12.3.